The second kappa shape index (κ2) is 5.73. The lowest BCUT2D eigenvalue weighted by molar-refractivity contribution is -0.0369. The Hall–Kier alpha value is -0.0400. The molecule has 0 bridgehead atoms. The summed E-state index contributed by atoms with van der Waals surface area (Å²) in [5, 5.41) is 0. The summed E-state index contributed by atoms with van der Waals surface area (Å²) in [4.78, 5) is 0. The van der Waals surface area contributed by atoms with Crippen LogP contribution < -0.4 is 5.73 Å². The summed E-state index contributed by atoms with van der Waals surface area (Å²) in [5.41, 5.74) is 6.82. The number of rotatable bonds is 6. The van der Waals surface area contributed by atoms with Gasteiger partial charge in [0.1, 0.15) is 0 Å². The van der Waals surface area contributed by atoms with E-state index in [9.17, 15) is 0 Å². The fourth-order valence-corrected chi connectivity index (χ4v) is 3.46. The maximum Gasteiger partial charge on any atom is 0.0159 e. The molecule has 0 heterocycles. The van der Waals surface area contributed by atoms with Crippen LogP contribution >= 0.6 is 0 Å². The minimum absolute atomic E-state index is 0.139. The van der Waals surface area contributed by atoms with Gasteiger partial charge in [0.2, 0.25) is 0 Å². The fourth-order valence-electron chi connectivity index (χ4n) is 3.46. The minimum atomic E-state index is -0.139. The normalized spacial score (nSPS) is 18.9. The maximum absolute atomic E-state index is 6.55. The van der Waals surface area contributed by atoms with Crippen LogP contribution in [-0.4, -0.2) is 5.54 Å². The third-order valence-corrected chi connectivity index (χ3v) is 5.11. The van der Waals surface area contributed by atoms with E-state index in [2.05, 4.69) is 55.4 Å². The Labute approximate surface area is 110 Å². The summed E-state index contributed by atoms with van der Waals surface area (Å²) in [6, 6.07) is 0. The lowest BCUT2D eigenvalue weighted by Crippen LogP contribution is -2.59. The van der Waals surface area contributed by atoms with E-state index in [-0.39, 0.29) is 16.4 Å². The second-order valence-corrected chi connectivity index (χ2v) is 7.42. The SMILES string of the molecule is CCCCC(CC)C(C)(C(C)(C)C)C(C)(C)N. The lowest BCUT2D eigenvalue weighted by atomic mass is 9.51. The molecule has 0 fully saturated rings. The van der Waals surface area contributed by atoms with Gasteiger partial charge in [-0.15, -0.1) is 0 Å². The summed E-state index contributed by atoms with van der Waals surface area (Å²) in [6.07, 6.45) is 5.14. The Balaban J connectivity index is 5.30. The van der Waals surface area contributed by atoms with Crippen LogP contribution in [0, 0.1) is 16.7 Å². The fraction of sp³-hybridized carbons (Fsp3) is 1.00. The highest BCUT2D eigenvalue weighted by atomic mass is 14.8. The summed E-state index contributed by atoms with van der Waals surface area (Å²) in [6.45, 7) is 18.4. The van der Waals surface area contributed by atoms with Crippen molar-refractivity contribution in [1.82, 2.24) is 0 Å². The number of hydrogen-bond donors (Lipinski definition) is 1. The highest BCUT2D eigenvalue weighted by molar-refractivity contribution is 5.04. The van der Waals surface area contributed by atoms with Crippen molar-refractivity contribution in [3.8, 4) is 0 Å². The molecule has 0 aromatic carbocycles. The van der Waals surface area contributed by atoms with E-state index < -0.39 is 0 Å². The summed E-state index contributed by atoms with van der Waals surface area (Å²) in [7, 11) is 0. The van der Waals surface area contributed by atoms with Crippen molar-refractivity contribution in [2.75, 3.05) is 0 Å². The predicted molar refractivity (Wildman–Crippen MR) is 79.1 cm³/mol. The van der Waals surface area contributed by atoms with E-state index in [1.54, 1.807) is 0 Å². The standard InChI is InChI=1S/C16H35N/c1-9-11-12-13(10-2)16(8,14(3,4)5)15(6,7)17/h13H,9-12,17H2,1-8H3. The molecular weight excluding hydrogens is 206 g/mol. The van der Waals surface area contributed by atoms with Gasteiger partial charge in [0.25, 0.3) is 0 Å². The molecule has 1 heteroatoms. The third-order valence-electron chi connectivity index (χ3n) is 5.11. The van der Waals surface area contributed by atoms with Gasteiger partial charge in [0.15, 0.2) is 0 Å². The molecule has 0 aliphatic heterocycles. The van der Waals surface area contributed by atoms with Gasteiger partial charge in [-0.2, -0.15) is 0 Å². The van der Waals surface area contributed by atoms with Crippen molar-refractivity contribution in [2.45, 2.75) is 86.6 Å². The van der Waals surface area contributed by atoms with Gasteiger partial charge in [-0.3, -0.25) is 0 Å². The Morgan fingerprint density at radius 2 is 1.41 bits per heavy atom. The highest BCUT2D eigenvalue weighted by Gasteiger charge is 2.51. The molecule has 0 saturated heterocycles. The number of hydrogen-bond acceptors (Lipinski definition) is 1. The van der Waals surface area contributed by atoms with Gasteiger partial charge in [0, 0.05) is 5.54 Å². The van der Waals surface area contributed by atoms with E-state index in [1.807, 2.05) is 0 Å². The molecule has 0 aromatic heterocycles. The van der Waals surface area contributed by atoms with E-state index in [4.69, 9.17) is 5.73 Å². The molecule has 17 heavy (non-hydrogen) atoms. The van der Waals surface area contributed by atoms with Crippen LogP contribution in [-0.2, 0) is 0 Å². The van der Waals surface area contributed by atoms with Gasteiger partial charge >= 0.3 is 0 Å². The quantitative estimate of drug-likeness (QED) is 0.696. The van der Waals surface area contributed by atoms with Gasteiger partial charge in [-0.1, -0.05) is 60.8 Å². The van der Waals surface area contributed by atoms with E-state index >= 15 is 0 Å². The first-order valence-corrected chi connectivity index (χ1v) is 7.31. The zero-order valence-corrected chi connectivity index (χ0v) is 13.5. The van der Waals surface area contributed by atoms with Crippen LogP contribution in [0.25, 0.3) is 0 Å². The Morgan fingerprint density at radius 3 is 1.65 bits per heavy atom. The first kappa shape index (κ1) is 17.0. The van der Waals surface area contributed by atoms with Crippen LogP contribution in [0.2, 0.25) is 0 Å². The molecule has 0 aliphatic rings. The topological polar surface area (TPSA) is 26.0 Å². The minimum Gasteiger partial charge on any atom is -0.325 e. The van der Waals surface area contributed by atoms with Crippen molar-refractivity contribution in [3.63, 3.8) is 0 Å². The average Bonchev–Trinajstić information content (AvgIpc) is 2.15. The molecular formula is C16H35N. The third kappa shape index (κ3) is 3.47. The Bertz CT molecular complexity index is 203. The molecule has 0 spiro atoms. The largest absolute Gasteiger partial charge is 0.325 e. The van der Waals surface area contributed by atoms with Gasteiger partial charge < -0.3 is 5.73 Å². The number of unbranched alkanes of at least 4 members (excludes halogenated alkanes) is 1. The molecule has 2 atom stereocenters. The van der Waals surface area contributed by atoms with Gasteiger partial charge in [-0.05, 0) is 37.0 Å². The zero-order chi connectivity index (χ0) is 13.9. The van der Waals surface area contributed by atoms with Crippen molar-refractivity contribution in [2.24, 2.45) is 22.5 Å². The number of nitrogens with two attached hydrogens (primary N) is 1. The molecule has 2 N–H and O–H groups in total. The molecule has 0 rings (SSSR count). The van der Waals surface area contributed by atoms with Crippen molar-refractivity contribution >= 4 is 0 Å². The summed E-state index contributed by atoms with van der Waals surface area (Å²) in [5.74, 6) is 0.711. The van der Waals surface area contributed by atoms with Crippen LogP contribution in [0.3, 0.4) is 0 Å². The van der Waals surface area contributed by atoms with Crippen molar-refractivity contribution in [3.05, 3.63) is 0 Å². The molecule has 0 aliphatic carbocycles. The van der Waals surface area contributed by atoms with Gasteiger partial charge in [0.05, 0.1) is 0 Å². The average molecular weight is 241 g/mol. The first-order valence-electron chi connectivity index (χ1n) is 7.31. The van der Waals surface area contributed by atoms with E-state index in [1.165, 1.54) is 25.7 Å². The molecule has 0 radical (unpaired) electrons. The lowest BCUT2D eigenvalue weighted by Gasteiger charge is -2.56. The maximum atomic E-state index is 6.55. The zero-order valence-electron chi connectivity index (χ0n) is 13.5. The highest BCUT2D eigenvalue weighted by Crippen LogP contribution is 2.53. The predicted octanol–water partition coefficient (Wildman–Crippen LogP) is 4.99. The van der Waals surface area contributed by atoms with Crippen molar-refractivity contribution < 1.29 is 0 Å². The van der Waals surface area contributed by atoms with Crippen molar-refractivity contribution in [1.29, 1.82) is 0 Å². The molecule has 0 amide bonds. The molecule has 0 saturated carbocycles. The second-order valence-electron chi connectivity index (χ2n) is 7.42. The van der Waals surface area contributed by atoms with E-state index in [0.29, 0.717) is 5.92 Å². The molecule has 2 unspecified atom stereocenters. The Morgan fingerprint density at radius 1 is 0.941 bits per heavy atom. The monoisotopic (exact) mass is 241 g/mol. The first-order chi connectivity index (χ1) is 7.52. The van der Waals surface area contributed by atoms with Crippen LogP contribution in [0.15, 0.2) is 0 Å². The molecule has 1 nitrogen and oxygen atoms in total. The molecule has 104 valence electrons. The Kier molecular flexibility index (Phi) is 5.72. The van der Waals surface area contributed by atoms with Gasteiger partial charge in [-0.25, -0.2) is 0 Å². The van der Waals surface area contributed by atoms with Crippen LogP contribution in [0.1, 0.15) is 81.1 Å². The van der Waals surface area contributed by atoms with Crippen LogP contribution in [0.5, 0.6) is 0 Å². The smallest absolute Gasteiger partial charge is 0.0159 e. The molecule has 0 aromatic rings. The van der Waals surface area contributed by atoms with Crippen LogP contribution in [0.4, 0.5) is 0 Å². The summed E-state index contributed by atoms with van der Waals surface area (Å²) >= 11 is 0. The van der Waals surface area contributed by atoms with E-state index in [0.717, 1.165) is 0 Å². The summed E-state index contributed by atoms with van der Waals surface area (Å²) < 4.78 is 0.